The number of hydrogen-bond acceptors (Lipinski definition) is 5. The molecule has 0 saturated carbocycles. The van der Waals surface area contributed by atoms with Crippen molar-refractivity contribution in [1.82, 2.24) is 4.98 Å². The first-order valence-electron chi connectivity index (χ1n) is 9.13. The first kappa shape index (κ1) is 20.8. The van der Waals surface area contributed by atoms with Crippen LogP contribution in [-0.4, -0.2) is 10.9 Å². The number of benzene rings is 2. The van der Waals surface area contributed by atoms with Crippen LogP contribution in [0.25, 0.3) is 21.5 Å². The molecule has 5 nitrogen and oxygen atoms in total. The Labute approximate surface area is 178 Å². The molecule has 0 fully saturated rings. The molecule has 2 aromatic carbocycles. The van der Waals surface area contributed by atoms with Crippen LogP contribution >= 0.6 is 11.3 Å². The van der Waals surface area contributed by atoms with Crippen molar-refractivity contribution in [1.29, 1.82) is 0 Å². The number of hydrogen-bond donors (Lipinski definition) is 1. The number of halogens is 3. The molecule has 158 valence electrons. The molecule has 1 N–H and O–H groups in total. The number of nitrogens with zero attached hydrogens (tertiary/aromatic N) is 1. The third-order valence-electron chi connectivity index (χ3n) is 4.67. The number of thiazole rings is 1. The monoisotopic (exact) mass is 444 g/mol. The molecule has 2 heterocycles. The number of aryl methyl sites for hydroxylation is 2. The summed E-state index contributed by atoms with van der Waals surface area (Å²) < 4.78 is 43.5. The van der Waals surface area contributed by atoms with E-state index in [1.165, 1.54) is 18.2 Å². The SMILES string of the molecule is Cc1nc(-c2ccc(C(F)(F)F)cc2)sc1C(=O)Nc1ccc2c(C)cc(=O)oc2c1. The smallest absolute Gasteiger partial charge is 0.416 e. The summed E-state index contributed by atoms with van der Waals surface area (Å²) >= 11 is 1.08. The van der Waals surface area contributed by atoms with Gasteiger partial charge < -0.3 is 9.73 Å². The minimum Gasteiger partial charge on any atom is -0.423 e. The van der Waals surface area contributed by atoms with Crippen molar-refractivity contribution in [2.24, 2.45) is 0 Å². The highest BCUT2D eigenvalue weighted by molar-refractivity contribution is 7.17. The van der Waals surface area contributed by atoms with Gasteiger partial charge in [0.2, 0.25) is 0 Å². The molecule has 0 aliphatic heterocycles. The summed E-state index contributed by atoms with van der Waals surface area (Å²) in [5.74, 6) is -0.414. The quantitative estimate of drug-likeness (QED) is 0.405. The zero-order chi connectivity index (χ0) is 22.3. The lowest BCUT2D eigenvalue weighted by Gasteiger charge is -2.06. The maximum Gasteiger partial charge on any atom is 0.416 e. The molecular formula is C22H15F3N2O3S. The molecule has 1 amide bonds. The minimum absolute atomic E-state index is 0.334. The maximum absolute atomic E-state index is 12.8. The number of rotatable bonds is 3. The maximum atomic E-state index is 12.8. The van der Waals surface area contributed by atoms with Crippen LogP contribution in [0.2, 0.25) is 0 Å². The van der Waals surface area contributed by atoms with Gasteiger partial charge in [0, 0.05) is 28.8 Å². The van der Waals surface area contributed by atoms with Gasteiger partial charge in [-0.25, -0.2) is 9.78 Å². The van der Waals surface area contributed by atoms with Crippen molar-refractivity contribution in [3.8, 4) is 10.6 Å². The number of carbonyl (C=O) groups is 1. The van der Waals surface area contributed by atoms with Gasteiger partial charge in [0.15, 0.2) is 0 Å². The molecule has 31 heavy (non-hydrogen) atoms. The highest BCUT2D eigenvalue weighted by Gasteiger charge is 2.30. The molecule has 9 heteroatoms. The summed E-state index contributed by atoms with van der Waals surface area (Å²) in [6.07, 6.45) is -4.42. The molecule has 0 aliphatic carbocycles. The van der Waals surface area contributed by atoms with Crippen molar-refractivity contribution in [3.05, 3.63) is 80.6 Å². The van der Waals surface area contributed by atoms with E-state index in [0.717, 1.165) is 34.4 Å². The third-order valence-corrected chi connectivity index (χ3v) is 5.88. The number of amides is 1. The van der Waals surface area contributed by atoms with Crippen molar-refractivity contribution >= 4 is 33.9 Å². The van der Waals surface area contributed by atoms with Gasteiger partial charge in [0.25, 0.3) is 5.91 Å². The number of alkyl halides is 3. The van der Waals surface area contributed by atoms with Crippen LogP contribution in [0.3, 0.4) is 0 Å². The first-order valence-corrected chi connectivity index (χ1v) is 9.94. The second kappa shape index (κ2) is 7.66. The third kappa shape index (κ3) is 4.22. The molecule has 4 aromatic rings. The van der Waals surface area contributed by atoms with Gasteiger partial charge in [-0.1, -0.05) is 12.1 Å². The lowest BCUT2D eigenvalue weighted by atomic mass is 10.1. The molecule has 2 aromatic heterocycles. The van der Waals surface area contributed by atoms with E-state index in [1.54, 1.807) is 32.0 Å². The standard InChI is InChI=1S/C22H15F3N2O3S/c1-11-9-18(28)30-17-10-15(7-8-16(11)17)27-20(29)19-12(2)26-21(31-19)13-3-5-14(6-4-13)22(23,24)25/h3-10H,1-2H3,(H,27,29). The second-order valence-corrected chi connectivity index (χ2v) is 7.92. The van der Waals surface area contributed by atoms with E-state index >= 15 is 0 Å². The van der Waals surface area contributed by atoms with E-state index in [0.29, 0.717) is 32.4 Å². The van der Waals surface area contributed by atoms with Crippen LogP contribution in [-0.2, 0) is 6.18 Å². The van der Waals surface area contributed by atoms with E-state index in [4.69, 9.17) is 4.42 Å². The number of nitrogens with one attached hydrogen (secondary N) is 1. The Morgan fingerprint density at radius 1 is 1.06 bits per heavy atom. The Morgan fingerprint density at radius 2 is 1.77 bits per heavy atom. The molecule has 4 rings (SSSR count). The van der Waals surface area contributed by atoms with Crippen molar-refractivity contribution in [2.75, 3.05) is 5.32 Å². The van der Waals surface area contributed by atoms with E-state index in [2.05, 4.69) is 10.3 Å². The lowest BCUT2D eigenvalue weighted by Crippen LogP contribution is -2.11. The van der Waals surface area contributed by atoms with Crippen LogP contribution in [0.15, 0.2) is 57.7 Å². The fourth-order valence-corrected chi connectivity index (χ4v) is 4.09. The molecule has 0 bridgehead atoms. The Balaban J connectivity index is 1.59. The van der Waals surface area contributed by atoms with Gasteiger partial charge in [-0.05, 0) is 43.7 Å². The number of anilines is 1. The van der Waals surface area contributed by atoms with Crippen molar-refractivity contribution in [2.45, 2.75) is 20.0 Å². The lowest BCUT2D eigenvalue weighted by molar-refractivity contribution is -0.137. The number of carbonyl (C=O) groups excluding carboxylic acids is 1. The topological polar surface area (TPSA) is 72.2 Å². The summed E-state index contributed by atoms with van der Waals surface area (Å²) in [5.41, 5.74) is 1.28. The molecule has 0 aliphatic rings. The van der Waals surface area contributed by atoms with Crippen LogP contribution in [0, 0.1) is 13.8 Å². The molecule has 0 saturated heterocycles. The van der Waals surface area contributed by atoms with Gasteiger partial charge in [0.1, 0.15) is 15.5 Å². The molecule has 0 atom stereocenters. The average Bonchev–Trinajstić information content (AvgIpc) is 3.09. The normalized spacial score (nSPS) is 11.6. The van der Waals surface area contributed by atoms with E-state index < -0.39 is 23.3 Å². The number of fused-ring (bicyclic) bond motifs is 1. The van der Waals surface area contributed by atoms with Gasteiger partial charge in [0.05, 0.1) is 11.3 Å². The highest BCUT2D eigenvalue weighted by atomic mass is 32.1. The van der Waals surface area contributed by atoms with Gasteiger partial charge in [-0.2, -0.15) is 13.2 Å². The fraction of sp³-hybridized carbons (Fsp3) is 0.136. The molecule has 0 spiro atoms. The van der Waals surface area contributed by atoms with Crippen LogP contribution in [0.5, 0.6) is 0 Å². The predicted octanol–water partition coefficient (Wildman–Crippen LogP) is 5.80. The zero-order valence-electron chi connectivity index (χ0n) is 16.3. The first-order chi connectivity index (χ1) is 14.6. The van der Waals surface area contributed by atoms with Gasteiger partial charge >= 0.3 is 11.8 Å². The van der Waals surface area contributed by atoms with Crippen LogP contribution in [0.1, 0.15) is 26.5 Å². The minimum atomic E-state index is -4.42. The van der Waals surface area contributed by atoms with Gasteiger partial charge in [-0.15, -0.1) is 11.3 Å². The predicted molar refractivity (Wildman–Crippen MR) is 112 cm³/mol. The van der Waals surface area contributed by atoms with E-state index in [9.17, 15) is 22.8 Å². The zero-order valence-corrected chi connectivity index (χ0v) is 17.1. The average molecular weight is 444 g/mol. The molecular weight excluding hydrogens is 429 g/mol. The number of aromatic nitrogens is 1. The Kier molecular flexibility index (Phi) is 5.14. The van der Waals surface area contributed by atoms with Crippen LogP contribution < -0.4 is 10.9 Å². The van der Waals surface area contributed by atoms with E-state index in [-0.39, 0.29) is 0 Å². The largest absolute Gasteiger partial charge is 0.423 e. The summed E-state index contributed by atoms with van der Waals surface area (Å²) in [7, 11) is 0. The Morgan fingerprint density at radius 3 is 2.45 bits per heavy atom. The Bertz CT molecular complexity index is 1360. The Hall–Kier alpha value is -3.46. The summed E-state index contributed by atoms with van der Waals surface area (Å²) in [6, 6.07) is 11.0. The van der Waals surface area contributed by atoms with E-state index in [1.807, 2.05) is 0 Å². The van der Waals surface area contributed by atoms with Gasteiger partial charge in [-0.3, -0.25) is 4.79 Å². The van der Waals surface area contributed by atoms with Crippen molar-refractivity contribution < 1.29 is 22.4 Å². The fourth-order valence-electron chi connectivity index (χ4n) is 3.12. The summed E-state index contributed by atoms with van der Waals surface area (Å²) in [6.45, 7) is 3.45. The second-order valence-electron chi connectivity index (χ2n) is 6.92. The van der Waals surface area contributed by atoms with Crippen LogP contribution in [0.4, 0.5) is 18.9 Å². The molecule has 0 unspecified atom stereocenters. The van der Waals surface area contributed by atoms with Crippen molar-refractivity contribution in [3.63, 3.8) is 0 Å². The summed E-state index contributed by atoms with van der Waals surface area (Å²) in [5, 5.41) is 3.95. The highest BCUT2D eigenvalue weighted by Crippen LogP contribution is 2.33. The molecule has 0 radical (unpaired) electrons. The summed E-state index contributed by atoms with van der Waals surface area (Å²) in [4.78, 5) is 29.0.